The molecule has 0 atom stereocenters. The molecule has 0 radical (unpaired) electrons. The van der Waals surface area contributed by atoms with Crippen LogP contribution in [0.4, 0.5) is 14.9 Å². The van der Waals surface area contributed by atoms with Crippen LogP contribution in [0.3, 0.4) is 0 Å². The molecule has 0 bridgehead atoms. The summed E-state index contributed by atoms with van der Waals surface area (Å²) >= 11 is 0. The van der Waals surface area contributed by atoms with E-state index in [1.807, 2.05) is 27.7 Å². The van der Waals surface area contributed by atoms with Gasteiger partial charge in [0.1, 0.15) is 12.4 Å². The molecule has 0 unspecified atom stereocenters. The molecule has 3 rings (SSSR count). The standard InChI is InChI=1S/C23H36BFN2O5Si/c1-21(2,3)33(8,9)30-13-12-26-15-19(28)27(20(26)29)18-11-10-16(14-17(18)25)24-31-22(4,5)23(6,7)32-24/h10-11,14H,12-13,15H2,1-9H3. The van der Waals surface area contributed by atoms with E-state index in [2.05, 4.69) is 33.9 Å². The minimum Gasteiger partial charge on any atom is -0.415 e. The van der Waals surface area contributed by atoms with Crippen LogP contribution in [0.1, 0.15) is 48.5 Å². The van der Waals surface area contributed by atoms with Crippen LogP contribution in [0.2, 0.25) is 18.1 Å². The third kappa shape index (κ3) is 4.89. The quantitative estimate of drug-likeness (QED) is 0.458. The zero-order valence-electron chi connectivity index (χ0n) is 21.2. The maximum Gasteiger partial charge on any atom is 0.494 e. The van der Waals surface area contributed by atoms with Gasteiger partial charge in [-0.05, 0) is 63.4 Å². The highest BCUT2D eigenvalue weighted by Gasteiger charge is 2.52. The highest BCUT2D eigenvalue weighted by atomic mass is 28.4. The van der Waals surface area contributed by atoms with Crippen LogP contribution < -0.4 is 10.4 Å². The summed E-state index contributed by atoms with van der Waals surface area (Å²) in [5.41, 5.74) is -0.687. The summed E-state index contributed by atoms with van der Waals surface area (Å²) in [6.45, 7) is 18.9. The Morgan fingerprint density at radius 1 is 1.12 bits per heavy atom. The Labute approximate surface area is 197 Å². The number of anilines is 1. The van der Waals surface area contributed by atoms with Crippen molar-refractivity contribution in [1.82, 2.24) is 4.90 Å². The van der Waals surface area contributed by atoms with Gasteiger partial charge in [0.15, 0.2) is 8.32 Å². The number of halogens is 1. The number of benzene rings is 1. The molecule has 2 aliphatic heterocycles. The molecule has 10 heteroatoms. The molecule has 2 aliphatic rings. The first kappa shape index (κ1) is 25.9. The number of amides is 3. The smallest absolute Gasteiger partial charge is 0.415 e. The number of carbonyl (C=O) groups excluding carboxylic acids is 2. The zero-order valence-corrected chi connectivity index (χ0v) is 22.2. The summed E-state index contributed by atoms with van der Waals surface area (Å²) in [4.78, 5) is 27.8. The highest BCUT2D eigenvalue weighted by Crippen LogP contribution is 2.37. The fraction of sp³-hybridized carbons (Fsp3) is 0.652. The van der Waals surface area contributed by atoms with Crippen molar-refractivity contribution in [2.45, 2.75) is 77.8 Å². The molecule has 2 saturated heterocycles. The highest BCUT2D eigenvalue weighted by molar-refractivity contribution is 6.74. The Bertz CT molecular complexity index is 931. The molecule has 2 heterocycles. The molecule has 0 aromatic heterocycles. The Morgan fingerprint density at radius 2 is 1.70 bits per heavy atom. The fourth-order valence-electron chi connectivity index (χ4n) is 3.42. The van der Waals surface area contributed by atoms with E-state index in [-0.39, 0.29) is 23.8 Å². The van der Waals surface area contributed by atoms with Crippen molar-refractivity contribution in [3.8, 4) is 0 Å². The number of hydrogen-bond acceptors (Lipinski definition) is 5. The van der Waals surface area contributed by atoms with Crippen molar-refractivity contribution in [3.05, 3.63) is 24.0 Å². The van der Waals surface area contributed by atoms with Gasteiger partial charge < -0.3 is 18.6 Å². The van der Waals surface area contributed by atoms with E-state index in [1.54, 1.807) is 6.07 Å². The predicted molar refractivity (Wildman–Crippen MR) is 130 cm³/mol. The Morgan fingerprint density at radius 3 is 2.21 bits per heavy atom. The molecule has 0 aliphatic carbocycles. The van der Waals surface area contributed by atoms with Crippen LogP contribution >= 0.6 is 0 Å². The van der Waals surface area contributed by atoms with Gasteiger partial charge in [0, 0.05) is 6.54 Å². The van der Waals surface area contributed by atoms with Gasteiger partial charge in [-0.3, -0.25) is 4.79 Å². The maximum atomic E-state index is 15.1. The zero-order chi connectivity index (χ0) is 25.0. The SMILES string of the molecule is CC1(C)OB(c2ccc(N3C(=O)CN(CCO[Si](C)(C)C(C)(C)C)C3=O)c(F)c2)OC1(C)C. The van der Waals surface area contributed by atoms with Gasteiger partial charge in [-0.2, -0.15) is 0 Å². The molecule has 1 aromatic rings. The lowest BCUT2D eigenvalue weighted by atomic mass is 9.79. The van der Waals surface area contributed by atoms with Crippen molar-refractivity contribution < 1.29 is 27.7 Å². The van der Waals surface area contributed by atoms with Gasteiger partial charge in [0.25, 0.3) is 5.91 Å². The summed E-state index contributed by atoms with van der Waals surface area (Å²) in [5.74, 6) is -1.14. The van der Waals surface area contributed by atoms with Crippen molar-refractivity contribution in [2.24, 2.45) is 0 Å². The topological polar surface area (TPSA) is 68.3 Å². The Balaban J connectivity index is 1.70. The van der Waals surface area contributed by atoms with E-state index >= 15 is 4.39 Å². The van der Waals surface area contributed by atoms with Crippen LogP contribution in [0.15, 0.2) is 18.2 Å². The molecule has 3 amide bonds. The van der Waals surface area contributed by atoms with Crippen molar-refractivity contribution >= 4 is 38.5 Å². The first-order valence-corrected chi connectivity index (χ1v) is 14.3. The first-order valence-electron chi connectivity index (χ1n) is 11.4. The molecule has 0 spiro atoms. The number of urea groups is 1. The average Bonchev–Trinajstić information content (AvgIpc) is 3.05. The number of imide groups is 1. The van der Waals surface area contributed by atoms with Gasteiger partial charge in [-0.15, -0.1) is 0 Å². The molecule has 0 saturated carbocycles. The largest absolute Gasteiger partial charge is 0.494 e. The van der Waals surface area contributed by atoms with E-state index in [9.17, 15) is 9.59 Å². The molecule has 1 aromatic carbocycles. The van der Waals surface area contributed by atoms with Crippen LogP contribution in [0, 0.1) is 5.82 Å². The molecule has 7 nitrogen and oxygen atoms in total. The molecule has 182 valence electrons. The summed E-state index contributed by atoms with van der Waals surface area (Å²) in [7, 11) is -2.70. The summed E-state index contributed by atoms with van der Waals surface area (Å²) in [5, 5.41) is 0.0475. The minimum atomic E-state index is -1.97. The number of hydrogen-bond donors (Lipinski definition) is 0. The predicted octanol–water partition coefficient (Wildman–Crippen LogP) is 3.92. The molecule has 2 fully saturated rings. The summed E-state index contributed by atoms with van der Waals surface area (Å²) < 4.78 is 33.1. The lowest BCUT2D eigenvalue weighted by Gasteiger charge is -2.36. The van der Waals surface area contributed by atoms with Gasteiger partial charge in [0.2, 0.25) is 0 Å². The van der Waals surface area contributed by atoms with E-state index in [4.69, 9.17) is 13.7 Å². The third-order valence-corrected chi connectivity index (χ3v) is 11.9. The molecular formula is C23H36BFN2O5Si. The van der Waals surface area contributed by atoms with Gasteiger partial charge in [0.05, 0.1) is 23.5 Å². The third-order valence-electron chi connectivity index (χ3n) is 7.41. The molecule has 33 heavy (non-hydrogen) atoms. The van der Waals surface area contributed by atoms with Gasteiger partial charge in [-0.25, -0.2) is 14.1 Å². The second-order valence-electron chi connectivity index (χ2n) is 11.3. The normalized spacial score (nSPS) is 20.8. The second-order valence-corrected chi connectivity index (χ2v) is 16.2. The lowest BCUT2D eigenvalue weighted by Crippen LogP contribution is -2.43. The van der Waals surface area contributed by atoms with Crippen LogP contribution in [-0.2, 0) is 18.5 Å². The maximum absolute atomic E-state index is 15.1. The number of carbonyl (C=O) groups is 2. The van der Waals surface area contributed by atoms with Crippen LogP contribution in [0.5, 0.6) is 0 Å². The monoisotopic (exact) mass is 478 g/mol. The minimum absolute atomic E-state index is 0.0475. The van der Waals surface area contributed by atoms with Gasteiger partial charge in [-0.1, -0.05) is 26.8 Å². The molecular weight excluding hydrogens is 442 g/mol. The first-order chi connectivity index (χ1) is 15.0. The van der Waals surface area contributed by atoms with E-state index < -0.39 is 44.4 Å². The average molecular weight is 478 g/mol. The van der Waals surface area contributed by atoms with Crippen molar-refractivity contribution in [3.63, 3.8) is 0 Å². The van der Waals surface area contributed by atoms with Crippen molar-refractivity contribution in [1.29, 1.82) is 0 Å². The number of nitrogens with zero attached hydrogens (tertiary/aromatic N) is 2. The van der Waals surface area contributed by atoms with Crippen molar-refractivity contribution in [2.75, 3.05) is 24.6 Å². The van der Waals surface area contributed by atoms with Crippen LogP contribution in [-0.4, -0.2) is 63.2 Å². The van der Waals surface area contributed by atoms with Crippen LogP contribution in [0.25, 0.3) is 0 Å². The molecule has 0 N–H and O–H groups in total. The van der Waals surface area contributed by atoms with E-state index in [0.717, 1.165) is 4.90 Å². The summed E-state index contributed by atoms with van der Waals surface area (Å²) in [6, 6.07) is 3.79. The Kier molecular flexibility index (Phi) is 6.65. The van der Waals surface area contributed by atoms with E-state index in [1.165, 1.54) is 17.0 Å². The lowest BCUT2D eigenvalue weighted by molar-refractivity contribution is -0.116. The second kappa shape index (κ2) is 8.48. The van der Waals surface area contributed by atoms with Gasteiger partial charge >= 0.3 is 13.1 Å². The Hall–Kier alpha value is -1.75. The number of rotatable bonds is 6. The fourth-order valence-corrected chi connectivity index (χ4v) is 4.45. The summed E-state index contributed by atoms with van der Waals surface area (Å²) in [6.07, 6.45) is 0. The van der Waals surface area contributed by atoms with E-state index in [0.29, 0.717) is 12.1 Å².